The summed E-state index contributed by atoms with van der Waals surface area (Å²) in [6.45, 7) is 4.62. The van der Waals surface area contributed by atoms with Gasteiger partial charge in [0.15, 0.2) is 0 Å². The van der Waals surface area contributed by atoms with Gasteiger partial charge in [-0.25, -0.2) is 0 Å². The number of carbonyl (C=O) groups is 1. The second-order valence-corrected chi connectivity index (χ2v) is 7.82. The summed E-state index contributed by atoms with van der Waals surface area (Å²) >= 11 is 6.18. The number of benzene rings is 2. The Morgan fingerprint density at radius 1 is 1.15 bits per heavy atom. The first-order chi connectivity index (χ1) is 16.1. The van der Waals surface area contributed by atoms with E-state index in [1.54, 1.807) is 47.4 Å². The minimum Gasteiger partial charge on any atom is -0.494 e. The van der Waals surface area contributed by atoms with Crippen LogP contribution < -0.4 is 9.64 Å². The van der Waals surface area contributed by atoms with E-state index in [0.29, 0.717) is 55.1 Å². The molecule has 1 amide bonds. The predicted octanol–water partition coefficient (Wildman–Crippen LogP) is 4.73. The van der Waals surface area contributed by atoms with E-state index in [2.05, 4.69) is 11.1 Å². The summed E-state index contributed by atoms with van der Waals surface area (Å²) in [5.41, 5.74) is 1.68. The van der Waals surface area contributed by atoms with E-state index in [0.717, 1.165) is 11.3 Å². The van der Waals surface area contributed by atoms with Gasteiger partial charge in [-0.1, -0.05) is 29.8 Å². The van der Waals surface area contributed by atoms with Gasteiger partial charge in [-0.05, 0) is 48.9 Å². The van der Waals surface area contributed by atoms with Crippen molar-refractivity contribution in [3.8, 4) is 11.8 Å². The number of rotatable bonds is 6. The normalized spacial score (nSPS) is 13.8. The molecule has 1 aromatic heterocycles. The second-order valence-electron chi connectivity index (χ2n) is 7.41. The molecule has 4 rings (SSSR count). The zero-order chi connectivity index (χ0) is 23.2. The number of carbonyl (C=O) groups excluding carboxylic acids is 1. The predicted molar refractivity (Wildman–Crippen MR) is 127 cm³/mol. The molecule has 1 aliphatic heterocycles. The molecule has 168 valence electrons. The molecule has 2 heterocycles. The lowest BCUT2D eigenvalue weighted by Crippen LogP contribution is -2.48. The van der Waals surface area contributed by atoms with Gasteiger partial charge in [0.25, 0.3) is 5.91 Å². The van der Waals surface area contributed by atoms with Crippen LogP contribution in [0.3, 0.4) is 0 Å². The molecule has 0 spiro atoms. The first-order valence-corrected chi connectivity index (χ1v) is 11.1. The Hall–Kier alpha value is -3.76. The fourth-order valence-electron chi connectivity index (χ4n) is 3.61. The van der Waals surface area contributed by atoms with Crippen LogP contribution in [0.5, 0.6) is 5.75 Å². The van der Waals surface area contributed by atoms with Gasteiger partial charge in [-0.15, -0.1) is 0 Å². The Morgan fingerprint density at radius 3 is 2.55 bits per heavy atom. The highest BCUT2D eigenvalue weighted by atomic mass is 35.5. The molecular formula is C25H23ClN4O3. The second kappa shape index (κ2) is 10.2. The van der Waals surface area contributed by atoms with E-state index in [9.17, 15) is 10.1 Å². The Labute approximate surface area is 197 Å². The van der Waals surface area contributed by atoms with Crippen molar-refractivity contribution >= 4 is 35.5 Å². The van der Waals surface area contributed by atoms with Gasteiger partial charge in [-0.3, -0.25) is 4.79 Å². The number of oxazole rings is 1. The molecule has 1 saturated heterocycles. The van der Waals surface area contributed by atoms with E-state index < -0.39 is 0 Å². The largest absolute Gasteiger partial charge is 0.494 e. The van der Waals surface area contributed by atoms with Crippen molar-refractivity contribution in [3.63, 3.8) is 0 Å². The minimum absolute atomic E-state index is 0.0286. The number of halogens is 1. The lowest BCUT2D eigenvalue weighted by molar-refractivity contribution is 0.0745. The number of nitriles is 1. The molecule has 7 nitrogen and oxygen atoms in total. The van der Waals surface area contributed by atoms with E-state index in [4.69, 9.17) is 20.8 Å². The maximum atomic E-state index is 12.8. The van der Waals surface area contributed by atoms with Crippen molar-refractivity contribution in [2.24, 2.45) is 0 Å². The lowest BCUT2D eigenvalue weighted by Gasteiger charge is -2.34. The molecule has 0 unspecified atom stereocenters. The monoisotopic (exact) mass is 462 g/mol. The highest BCUT2D eigenvalue weighted by Gasteiger charge is 2.26. The number of nitrogens with zero attached hydrogens (tertiary/aromatic N) is 4. The van der Waals surface area contributed by atoms with Gasteiger partial charge in [-0.2, -0.15) is 10.2 Å². The van der Waals surface area contributed by atoms with E-state index in [1.165, 1.54) is 0 Å². The molecule has 0 N–H and O–H groups in total. The van der Waals surface area contributed by atoms with E-state index >= 15 is 0 Å². The summed E-state index contributed by atoms with van der Waals surface area (Å²) in [4.78, 5) is 20.9. The number of piperazine rings is 1. The first kappa shape index (κ1) is 22.4. The zero-order valence-electron chi connectivity index (χ0n) is 18.2. The van der Waals surface area contributed by atoms with Crippen molar-refractivity contribution in [1.29, 1.82) is 5.26 Å². The molecule has 1 aliphatic rings. The highest BCUT2D eigenvalue weighted by Crippen LogP contribution is 2.25. The smallest absolute Gasteiger partial charge is 0.253 e. The van der Waals surface area contributed by atoms with Crippen molar-refractivity contribution in [1.82, 2.24) is 9.88 Å². The van der Waals surface area contributed by atoms with Crippen molar-refractivity contribution < 1.29 is 13.9 Å². The Kier molecular flexibility index (Phi) is 6.96. The van der Waals surface area contributed by atoms with Crippen molar-refractivity contribution in [2.45, 2.75) is 6.92 Å². The number of hydrogen-bond donors (Lipinski definition) is 0. The zero-order valence-corrected chi connectivity index (χ0v) is 19.0. The van der Waals surface area contributed by atoms with Crippen LogP contribution in [0, 0.1) is 11.3 Å². The molecule has 3 aromatic rings. The van der Waals surface area contributed by atoms with E-state index in [1.807, 2.05) is 30.0 Å². The third-order valence-corrected chi connectivity index (χ3v) is 5.65. The summed E-state index contributed by atoms with van der Waals surface area (Å²) in [6, 6.07) is 16.7. The fraction of sp³-hybridized carbons (Fsp3) is 0.240. The Bertz CT molecular complexity index is 1190. The number of amides is 1. The molecule has 8 heteroatoms. The number of ether oxygens (including phenoxy) is 1. The number of hydrogen-bond acceptors (Lipinski definition) is 6. The summed E-state index contributed by atoms with van der Waals surface area (Å²) in [5, 5.41) is 10.1. The van der Waals surface area contributed by atoms with Crippen LogP contribution in [0.25, 0.3) is 12.2 Å². The quantitative estimate of drug-likeness (QED) is 0.526. The lowest BCUT2D eigenvalue weighted by atomic mass is 10.1. The highest BCUT2D eigenvalue weighted by molar-refractivity contribution is 6.32. The van der Waals surface area contributed by atoms with Gasteiger partial charge in [0.2, 0.25) is 17.5 Å². The van der Waals surface area contributed by atoms with Gasteiger partial charge in [0, 0.05) is 42.8 Å². The van der Waals surface area contributed by atoms with Crippen molar-refractivity contribution in [2.75, 3.05) is 37.7 Å². The molecule has 2 aromatic carbocycles. The summed E-state index contributed by atoms with van der Waals surface area (Å²) in [5.74, 6) is 1.46. The molecule has 0 bridgehead atoms. The van der Waals surface area contributed by atoms with Crippen LogP contribution in [0.15, 0.2) is 52.9 Å². The molecular weight excluding hydrogens is 440 g/mol. The summed E-state index contributed by atoms with van der Waals surface area (Å²) < 4.78 is 11.3. The maximum Gasteiger partial charge on any atom is 0.253 e. The fourth-order valence-corrected chi connectivity index (χ4v) is 3.81. The van der Waals surface area contributed by atoms with Crippen molar-refractivity contribution in [3.05, 3.63) is 76.3 Å². The molecule has 0 atom stereocenters. The SMILES string of the molecule is CCOc1ccc(C(=O)N2CCN(c3oc(/C=C/c4ccccc4Cl)nc3C#N)CC2)cc1. The minimum atomic E-state index is -0.0286. The summed E-state index contributed by atoms with van der Waals surface area (Å²) in [6.07, 6.45) is 3.49. The molecule has 33 heavy (non-hydrogen) atoms. The van der Waals surface area contributed by atoms with Gasteiger partial charge in [0.05, 0.1) is 6.61 Å². The van der Waals surface area contributed by atoms with Crippen LogP contribution in [-0.2, 0) is 0 Å². The van der Waals surface area contributed by atoms with E-state index in [-0.39, 0.29) is 11.6 Å². The maximum absolute atomic E-state index is 12.8. The average molecular weight is 463 g/mol. The molecule has 0 radical (unpaired) electrons. The van der Waals surface area contributed by atoms with Gasteiger partial charge >= 0.3 is 0 Å². The van der Waals surface area contributed by atoms with Crippen LogP contribution in [-0.4, -0.2) is 48.6 Å². The molecule has 0 saturated carbocycles. The first-order valence-electron chi connectivity index (χ1n) is 10.7. The van der Waals surface area contributed by atoms with Crippen LogP contribution in [0.1, 0.15) is 34.4 Å². The third kappa shape index (κ3) is 5.18. The van der Waals surface area contributed by atoms with Gasteiger partial charge < -0.3 is 19.0 Å². The molecule has 0 aliphatic carbocycles. The Morgan fingerprint density at radius 2 is 1.88 bits per heavy atom. The third-order valence-electron chi connectivity index (χ3n) is 5.31. The van der Waals surface area contributed by atoms with Gasteiger partial charge in [0.1, 0.15) is 11.8 Å². The number of anilines is 1. The molecule has 1 fully saturated rings. The van der Waals surface area contributed by atoms with Crippen LogP contribution >= 0.6 is 11.6 Å². The standard InChI is InChI=1S/C25H23ClN4O3/c1-2-32-20-10-7-19(8-11-20)24(31)29-13-15-30(16-14-29)25-22(17-27)28-23(33-25)12-9-18-5-3-4-6-21(18)26/h3-12H,2,13-16H2,1H3/b12-9+. The topological polar surface area (TPSA) is 82.6 Å². The summed E-state index contributed by atoms with van der Waals surface area (Å²) in [7, 11) is 0. The number of aromatic nitrogens is 1. The average Bonchev–Trinajstić information content (AvgIpc) is 3.27. The van der Waals surface area contributed by atoms with Crippen LogP contribution in [0.4, 0.5) is 5.88 Å². The Balaban J connectivity index is 1.41. The van der Waals surface area contributed by atoms with Crippen LogP contribution in [0.2, 0.25) is 5.02 Å².